The molecule has 3 heteroatoms. The molecule has 0 unspecified atom stereocenters. The number of para-hydroxylation sites is 1. The first-order valence-corrected chi connectivity index (χ1v) is 7.24. The monoisotopic (exact) mass is 289 g/mol. The second kappa shape index (κ2) is 6.22. The van der Waals surface area contributed by atoms with Crippen molar-refractivity contribution in [2.75, 3.05) is 23.0 Å². The van der Waals surface area contributed by atoms with Gasteiger partial charge in [-0.1, -0.05) is 18.2 Å². The van der Waals surface area contributed by atoms with E-state index in [-0.39, 0.29) is 0 Å². The maximum atomic E-state index is 5.73. The summed E-state index contributed by atoms with van der Waals surface area (Å²) < 4.78 is 0. The van der Waals surface area contributed by atoms with Gasteiger partial charge >= 0.3 is 0 Å². The van der Waals surface area contributed by atoms with Gasteiger partial charge in [-0.15, -0.1) is 0 Å². The number of nitrogens with zero attached hydrogens (tertiary/aromatic N) is 1. The van der Waals surface area contributed by atoms with Crippen LogP contribution >= 0.6 is 0 Å². The number of nitrogens with two attached hydrogens (primary N) is 1. The Hall–Kier alpha value is -2.94. The molecule has 0 aromatic heterocycles. The molecule has 3 rings (SSSR count). The first-order valence-electron chi connectivity index (χ1n) is 7.24. The van der Waals surface area contributed by atoms with Crippen LogP contribution in [0.5, 0.6) is 0 Å². The summed E-state index contributed by atoms with van der Waals surface area (Å²) in [5.74, 6) is 0. The fraction of sp³-hybridized carbons (Fsp3) is 0.0526. The molecule has 0 saturated heterocycles. The van der Waals surface area contributed by atoms with Crippen molar-refractivity contribution < 1.29 is 0 Å². The zero-order valence-corrected chi connectivity index (χ0v) is 12.5. The van der Waals surface area contributed by atoms with Crippen LogP contribution in [0, 0.1) is 0 Å². The lowest BCUT2D eigenvalue weighted by Crippen LogP contribution is -2.09. The first kappa shape index (κ1) is 14.0. The summed E-state index contributed by atoms with van der Waals surface area (Å²) in [5, 5.41) is 3.38. The lowest BCUT2D eigenvalue weighted by molar-refractivity contribution is 1.21. The van der Waals surface area contributed by atoms with Crippen molar-refractivity contribution in [3.05, 3.63) is 78.9 Å². The van der Waals surface area contributed by atoms with Crippen molar-refractivity contribution in [1.29, 1.82) is 0 Å². The molecule has 3 aromatic rings. The molecule has 0 aliphatic heterocycles. The lowest BCUT2D eigenvalue weighted by atomic mass is 10.2. The number of anilines is 5. The molecule has 3 nitrogen and oxygen atoms in total. The molecule has 3 N–H and O–H groups in total. The summed E-state index contributed by atoms with van der Waals surface area (Å²) in [4.78, 5) is 2.13. The van der Waals surface area contributed by atoms with Crippen molar-refractivity contribution in [1.82, 2.24) is 0 Å². The minimum absolute atomic E-state index is 0.777. The molecule has 0 aliphatic rings. The largest absolute Gasteiger partial charge is 0.399 e. The number of hydrogen-bond donors (Lipinski definition) is 2. The molecule has 0 fully saturated rings. The lowest BCUT2D eigenvalue weighted by Gasteiger charge is -2.20. The zero-order chi connectivity index (χ0) is 15.4. The Morgan fingerprint density at radius 2 is 1.18 bits per heavy atom. The van der Waals surface area contributed by atoms with E-state index in [1.165, 1.54) is 0 Å². The van der Waals surface area contributed by atoms with Crippen molar-refractivity contribution in [2.45, 2.75) is 0 Å². The topological polar surface area (TPSA) is 41.3 Å². The van der Waals surface area contributed by atoms with Gasteiger partial charge in [-0.05, 0) is 60.7 Å². The van der Waals surface area contributed by atoms with Crippen LogP contribution in [0.3, 0.4) is 0 Å². The van der Waals surface area contributed by atoms with E-state index < -0.39 is 0 Å². The first-order chi connectivity index (χ1) is 10.7. The van der Waals surface area contributed by atoms with E-state index in [4.69, 9.17) is 5.73 Å². The van der Waals surface area contributed by atoms with E-state index in [9.17, 15) is 0 Å². The number of nitrogens with one attached hydrogen (secondary N) is 1. The summed E-state index contributed by atoms with van der Waals surface area (Å²) in [5.41, 5.74) is 10.9. The van der Waals surface area contributed by atoms with Crippen LogP contribution in [0.1, 0.15) is 0 Å². The maximum Gasteiger partial charge on any atom is 0.0409 e. The van der Waals surface area contributed by atoms with Gasteiger partial charge < -0.3 is 16.0 Å². The normalized spacial score (nSPS) is 10.2. The SMILES string of the molecule is CN(c1ccc(N)cc1)c1ccc(Nc2ccccc2)cc1. The summed E-state index contributed by atoms with van der Waals surface area (Å²) in [6.45, 7) is 0. The van der Waals surface area contributed by atoms with Crippen molar-refractivity contribution in [3.63, 3.8) is 0 Å². The molecule has 22 heavy (non-hydrogen) atoms. The Kier molecular flexibility index (Phi) is 3.97. The third kappa shape index (κ3) is 3.20. The second-order valence-corrected chi connectivity index (χ2v) is 5.19. The van der Waals surface area contributed by atoms with Crippen LogP contribution in [0.15, 0.2) is 78.9 Å². The quantitative estimate of drug-likeness (QED) is 0.679. The van der Waals surface area contributed by atoms with Crippen LogP contribution in [0.2, 0.25) is 0 Å². The fourth-order valence-electron chi connectivity index (χ4n) is 2.30. The second-order valence-electron chi connectivity index (χ2n) is 5.19. The van der Waals surface area contributed by atoms with Gasteiger partial charge in [-0.25, -0.2) is 0 Å². The van der Waals surface area contributed by atoms with Gasteiger partial charge in [0.15, 0.2) is 0 Å². The number of benzene rings is 3. The molecule has 3 aromatic carbocycles. The number of nitrogen functional groups attached to an aromatic ring is 1. The highest BCUT2D eigenvalue weighted by Gasteiger charge is 2.03. The molecular weight excluding hydrogens is 270 g/mol. The van der Waals surface area contributed by atoms with Crippen molar-refractivity contribution in [3.8, 4) is 0 Å². The Bertz CT molecular complexity index is 719. The molecule has 0 radical (unpaired) electrons. The molecule has 0 aliphatic carbocycles. The summed E-state index contributed by atoms with van der Waals surface area (Å²) in [6.07, 6.45) is 0. The van der Waals surface area contributed by atoms with Crippen LogP contribution in [-0.4, -0.2) is 7.05 Å². The van der Waals surface area contributed by atoms with E-state index in [0.717, 1.165) is 28.4 Å². The summed E-state index contributed by atoms with van der Waals surface area (Å²) in [6, 6.07) is 26.4. The standard InChI is InChI=1S/C19H19N3/c1-22(18-11-7-15(20)8-12-18)19-13-9-17(10-14-19)21-16-5-3-2-4-6-16/h2-14,21H,20H2,1H3. The van der Waals surface area contributed by atoms with Gasteiger partial charge in [0, 0.05) is 35.5 Å². The Morgan fingerprint density at radius 1 is 0.682 bits per heavy atom. The molecule has 0 amide bonds. The smallest absolute Gasteiger partial charge is 0.0409 e. The highest BCUT2D eigenvalue weighted by atomic mass is 15.1. The van der Waals surface area contributed by atoms with Gasteiger partial charge in [0.25, 0.3) is 0 Å². The van der Waals surface area contributed by atoms with Crippen LogP contribution < -0.4 is 16.0 Å². The third-order valence-electron chi connectivity index (χ3n) is 3.60. The number of rotatable bonds is 4. The van der Waals surface area contributed by atoms with E-state index in [1.807, 2.05) is 49.5 Å². The average Bonchev–Trinajstić information content (AvgIpc) is 2.57. The average molecular weight is 289 g/mol. The van der Waals surface area contributed by atoms with E-state index in [2.05, 4.69) is 46.6 Å². The highest BCUT2D eigenvalue weighted by molar-refractivity contribution is 5.68. The van der Waals surface area contributed by atoms with Crippen molar-refractivity contribution >= 4 is 28.4 Å². The Balaban J connectivity index is 1.75. The van der Waals surface area contributed by atoms with Crippen LogP contribution in [0.4, 0.5) is 28.4 Å². The van der Waals surface area contributed by atoms with Gasteiger partial charge in [-0.3, -0.25) is 0 Å². The molecule has 0 heterocycles. The fourth-order valence-corrected chi connectivity index (χ4v) is 2.30. The maximum absolute atomic E-state index is 5.73. The van der Waals surface area contributed by atoms with E-state index in [1.54, 1.807) is 0 Å². The Labute approximate surface area is 131 Å². The third-order valence-corrected chi connectivity index (χ3v) is 3.60. The van der Waals surface area contributed by atoms with Gasteiger partial charge in [-0.2, -0.15) is 0 Å². The molecule has 0 bridgehead atoms. The summed E-state index contributed by atoms with van der Waals surface area (Å²) >= 11 is 0. The molecule has 0 atom stereocenters. The highest BCUT2D eigenvalue weighted by Crippen LogP contribution is 2.26. The van der Waals surface area contributed by atoms with Gasteiger partial charge in [0.05, 0.1) is 0 Å². The van der Waals surface area contributed by atoms with Gasteiger partial charge in [0.2, 0.25) is 0 Å². The summed E-state index contributed by atoms with van der Waals surface area (Å²) in [7, 11) is 2.05. The molecule has 0 spiro atoms. The minimum Gasteiger partial charge on any atom is -0.399 e. The van der Waals surface area contributed by atoms with Crippen molar-refractivity contribution in [2.24, 2.45) is 0 Å². The van der Waals surface area contributed by atoms with Gasteiger partial charge in [0.1, 0.15) is 0 Å². The number of hydrogen-bond acceptors (Lipinski definition) is 3. The minimum atomic E-state index is 0.777. The predicted octanol–water partition coefficient (Wildman–Crippen LogP) is 4.78. The van der Waals surface area contributed by atoms with Crippen LogP contribution in [-0.2, 0) is 0 Å². The molecular formula is C19H19N3. The van der Waals surface area contributed by atoms with E-state index >= 15 is 0 Å². The van der Waals surface area contributed by atoms with E-state index in [0.29, 0.717) is 0 Å². The molecule has 110 valence electrons. The zero-order valence-electron chi connectivity index (χ0n) is 12.5. The Morgan fingerprint density at radius 3 is 1.77 bits per heavy atom. The predicted molar refractivity (Wildman–Crippen MR) is 95.1 cm³/mol. The van der Waals surface area contributed by atoms with Crippen LogP contribution in [0.25, 0.3) is 0 Å². The molecule has 0 saturated carbocycles.